The standard InChI is InChI=1S/C20H25ClN4O2/c1-20(2)26-17-12-6-11(12)16(18(17)27-20)25-9-23-15-13(7-14(21)24-19(15)25)22-8-10-4-3-5-10/h7,9-12,16-18H,3-6,8H2,1-2H3,(H,22,24)/t11-,12+,16+,17+,18-/m0/s1. The molecule has 3 aliphatic carbocycles. The molecule has 1 N–H and O–H groups in total. The van der Waals surface area contributed by atoms with Gasteiger partial charge in [-0.1, -0.05) is 18.0 Å². The SMILES string of the molecule is CC1(C)O[C@@H]2[C@@H]3C[C@@H]3[C@@H](n3cnc4c(NCC5CCC5)cc(Cl)nc43)[C@@H]2O1. The molecule has 3 saturated carbocycles. The number of hydrogen-bond acceptors (Lipinski definition) is 5. The van der Waals surface area contributed by atoms with E-state index in [4.69, 9.17) is 26.1 Å². The number of nitrogens with one attached hydrogen (secondary N) is 1. The van der Waals surface area contributed by atoms with Crippen LogP contribution in [0.5, 0.6) is 0 Å². The second kappa shape index (κ2) is 5.58. The highest BCUT2D eigenvalue weighted by molar-refractivity contribution is 6.30. The quantitative estimate of drug-likeness (QED) is 0.802. The van der Waals surface area contributed by atoms with Gasteiger partial charge in [0, 0.05) is 12.6 Å². The molecule has 0 aromatic carbocycles. The lowest BCUT2D eigenvalue weighted by molar-refractivity contribution is -0.156. The number of aromatic nitrogens is 3. The van der Waals surface area contributed by atoms with Crippen molar-refractivity contribution in [1.29, 1.82) is 0 Å². The summed E-state index contributed by atoms with van der Waals surface area (Å²) in [5.74, 6) is 1.43. The minimum Gasteiger partial charge on any atom is -0.383 e. The Bertz CT molecular complexity index is 909. The molecule has 0 bridgehead atoms. The van der Waals surface area contributed by atoms with Gasteiger partial charge in [0.15, 0.2) is 11.4 Å². The summed E-state index contributed by atoms with van der Waals surface area (Å²) in [4.78, 5) is 9.35. The lowest BCUT2D eigenvalue weighted by atomic mass is 9.85. The smallest absolute Gasteiger partial charge is 0.164 e. The second-order valence-corrected chi connectivity index (χ2v) is 9.50. The fraction of sp³-hybridized carbons (Fsp3) is 0.700. The number of rotatable bonds is 4. The van der Waals surface area contributed by atoms with Crippen LogP contribution in [-0.4, -0.2) is 39.1 Å². The van der Waals surface area contributed by atoms with Crippen LogP contribution in [0.25, 0.3) is 11.2 Å². The highest BCUT2D eigenvalue weighted by Crippen LogP contribution is 2.63. The van der Waals surface area contributed by atoms with Gasteiger partial charge in [-0.2, -0.15) is 0 Å². The van der Waals surface area contributed by atoms with Gasteiger partial charge in [0.1, 0.15) is 16.8 Å². The van der Waals surface area contributed by atoms with Crippen molar-refractivity contribution in [2.75, 3.05) is 11.9 Å². The number of halogens is 1. The van der Waals surface area contributed by atoms with Crippen LogP contribution in [0.3, 0.4) is 0 Å². The van der Waals surface area contributed by atoms with Crippen LogP contribution in [0.1, 0.15) is 45.6 Å². The average molecular weight is 389 g/mol. The number of anilines is 1. The highest BCUT2D eigenvalue weighted by Gasteiger charge is 2.66. The van der Waals surface area contributed by atoms with Gasteiger partial charge < -0.3 is 19.4 Å². The van der Waals surface area contributed by atoms with Gasteiger partial charge >= 0.3 is 0 Å². The third kappa shape index (κ3) is 2.53. The summed E-state index contributed by atoms with van der Waals surface area (Å²) >= 11 is 6.38. The summed E-state index contributed by atoms with van der Waals surface area (Å²) in [6.45, 7) is 4.99. The molecular weight excluding hydrogens is 364 g/mol. The molecule has 4 aliphatic rings. The van der Waals surface area contributed by atoms with E-state index in [9.17, 15) is 0 Å². The molecule has 2 aromatic rings. The summed E-state index contributed by atoms with van der Waals surface area (Å²) in [5, 5.41) is 4.06. The van der Waals surface area contributed by atoms with E-state index >= 15 is 0 Å². The van der Waals surface area contributed by atoms with E-state index in [-0.39, 0.29) is 18.2 Å². The Kier molecular flexibility index (Phi) is 3.43. The van der Waals surface area contributed by atoms with E-state index < -0.39 is 5.79 Å². The first-order valence-corrected chi connectivity index (χ1v) is 10.5. The van der Waals surface area contributed by atoms with Crippen LogP contribution in [0.4, 0.5) is 5.69 Å². The fourth-order valence-electron chi connectivity index (χ4n) is 5.31. The molecule has 1 aliphatic heterocycles. The maximum atomic E-state index is 6.38. The second-order valence-electron chi connectivity index (χ2n) is 9.11. The van der Waals surface area contributed by atoms with E-state index in [0.717, 1.165) is 29.3 Å². The molecule has 4 fully saturated rings. The van der Waals surface area contributed by atoms with Crippen molar-refractivity contribution >= 4 is 28.5 Å². The molecule has 6 nitrogen and oxygen atoms in total. The predicted octanol–water partition coefficient (Wildman–Crippen LogP) is 4.01. The van der Waals surface area contributed by atoms with Gasteiger partial charge in [0.05, 0.1) is 24.2 Å². The van der Waals surface area contributed by atoms with Crippen molar-refractivity contribution in [2.24, 2.45) is 17.8 Å². The summed E-state index contributed by atoms with van der Waals surface area (Å²) in [6, 6.07) is 2.12. The van der Waals surface area contributed by atoms with Crippen LogP contribution in [0.15, 0.2) is 12.4 Å². The zero-order valence-corrected chi connectivity index (χ0v) is 16.4. The number of fused-ring (bicyclic) bond motifs is 4. The third-order valence-electron chi connectivity index (χ3n) is 6.88. The third-order valence-corrected chi connectivity index (χ3v) is 7.07. The largest absolute Gasteiger partial charge is 0.383 e. The maximum absolute atomic E-state index is 6.38. The van der Waals surface area contributed by atoms with Crippen LogP contribution in [0, 0.1) is 17.8 Å². The van der Waals surface area contributed by atoms with E-state index in [1.54, 1.807) is 0 Å². The van der Waals surface area contributed by atoms with E-state index in [0.29, 0.717) is 17.0 Å². The first kappa shape index (κ1) is 16.6. The Hall–Kier alpha value is -1.37. The minimum absolute atomic E-state index is 0.0633. The van der Waals surface area contributed by atoms with E-state index in [1.807, 2.05) is 26.2 Å². The topological polar surface area (TPSA) is 61.2 Å². The van der Waals surface area contributed by atoms with Crippen molar-refractivity contribution in [2.45, 2.75) is 63.6 Å². The molecule has 5 atom stereocenters. The number of imidazole rings is 1. The Labute approximate surface area is 163 Å². The highest BCUT2D eigenvalue weighted by atomic mass is 35.5. The number of pyridine rings is 1. The normalized spacial score (nSPS) is 36.5. The van der Waals surface area contributed by atoms with Gasteiger partial charge in [-0.3, -0.25) is 0 Å². The molecule has 0 unspecified atom stereocenters. The molecule has 0 spiro atoms. The number of hydrogen-bond donors (Lipinski definition) is 1. The first-order valence-electron chi connectivity index (χ1n) is 10.1. The van der Waals surface area contributed by atoms with Crippen molar-refractivity contribution in [3.8, 4) is 0 Å². The first-order chi connectivity index (χ1) is 13.0. The van der Waals surface area contributed by atoms with Crippen LogP contribution < -0.4 is 5.32 Å². The molecule has 0 amide bonds. The van der Waals surface area contributed by atoms with Crippen molar-refractivity contribution < 1.29 is 9.47 Å². The molecule has 27 heavy (non-hydrogen) atoms. The maximum Gasteiger partial charge on any atom is 0.164 e. The van der Waals surface area contributed by atoms with Crippen LogP contribution in [0.2, 0.25) is 5.15 Å². The Morgan fingerprint density at radius 1 is 1.26 bits per heavy atom. The average Bonchev–Trinajstić information content (AvgIpc) is 2.99. The Balaban J connectivity index is 1.36. The molecule has 3 heterocycles. The number of nitrogens with zero attached hydrogens (tertiary/aromatic N) is 3. The molecule has 7 heteroatoms. The molecule has 0 radical (unpaired) electrons. The summed E-state index contributed by atoms with van der Waals surface area (Å²) in [7, 11) is 0. The lowest BCUT2D eigenvalue weighted by Gasteiger charge is -2.26. The molecular formula is C20H25ClN4O2. The molecule has 2 aromatic heterocycles. The fourth-order valence-corrected chi connectivity index (χ4v) is 5.50. The lowest BCUT2D eigenvalue weighted by Crippen LogP contribution is -2.30. The molecule has 6 rings (SSSR count). The van der Waals surface area contributed by atoms with Gasteiger partial charge in [-0.25, -0.2) is 9.97 Å². The van der Waals surface area contributed by atoms with Crippen LogP contribution in [-0.2, 0) is 9.47 Å². The van der Waals surface area contributed by atoms with Gasteiger partial charge in [-0.05, 0) is 50.9 Å². The van der Waals surface area contributed by atoms with Gasteiger partial charge in [0.2, 0.25) is 0 Å². The minimum atomic E-state index is -0.516. The van der Waals surface area contributed by atoms with Gasteiger partial charge in [0.25, 0.3) is 0 Å². The monoisotopic (exact) mass is 388 g/mol. The van der Waals surface area contributed by atoms with E-state index in [2.05, 4.69) is 14.9 Å². The van der Waals surface area contributed by atoms with Crippen molar-refractivity contribution in [3.63, 3.8) is 0 Å². The molecule has 144 valence electrons. The Morgan fingerprint density at radius 3 is 2.85 bits per heavy atom. The summed E-state index contributed by atoms with van der Waals surface area (Å²) in [5.41, 5.74) is 2.74. The Morgan fingerprint density at radius 2 is 2.07 bits per heavy atom. The van der Waals surface area contributed by atoms with Crippen molar-refractivity contribution in [3.05, 3.63) is 17.5 Å². The predicted molar refractivity (Wildman–Crippen MR) is 103 cm³/mol. The van der Waals surface area contributed by atoms with Gasteiger partial charge in [-0.15, -0.1) is 0 Å². The summed E-state index contributed by atoms with van der Waals surface area (Å²) in [6.07, 6.45) is 7.32. The molecule has 1 saturated heterocycles. The zero-order chi connectivity index (χ0) is 18.3. The van der Waals surface area contributed by atoms with E-state index in [1.165, 1.54) is 25.7 Å². The van der Waals surface area contributed by atoms with Crippen molar-refractivity contribution in [1.82, 2.24) is 14.5 Å². The summed E-state index contributed by atoms with van der Waals surface area (Å²) < 4.78 is 14.6. The zero-order valence-electron chi connectivity index (χ0n) is 15.7. The number of ether oxygens (including phenoxy) is 2. The van der Waals surface area contributed by atoms with Crippen LogP contribution >= 0.6 is 11.6 Å².